The first-order valence-corrected chi connectivity index (χ1v) is 9.87. The zero-order valence-electron chi connectivity index (χ0n) is 14.1. The number of hydrogen-bond donors (Lipinski definition) is 0. The van der Waals surface area contributed by atoms with E-state index in [0.29, 0.717) is 30.1 Å². The maximum atomic E-state index is 12.5. The van der Waals surface area contributed by atoms with Crippen LogP contribution in [0.4, 0.5) is 5.69 Å². The number of halogens is 1. The lowest BCUT2D eigenvalue weighted by Crippen LogP contribution is -2.26. The Bertz CT molecular complexity index is 1000. The van der Waals surface area contributed by atoms with Gasteiger partial charge in [0.1, 0.15) is 0 Å². The minimum Gasteiger partial charge on any atom is -0.452 e. The number of thiophene rings is 1. The normalized spacial score (nSPS) is 14.0. The number of amides is 1. The summed E-state index contributed by atoms with van der Waals surface area (Å²) in [6, 6.07) is 10.7. The van der Waals surface area contributed by atoms with Crippen molar-refractivity contribution >= 4 is 44.8 Å². The Morgan fingerprint density at radius 3 is 2.85 bits per heavy atom. The molecule has 1 aliphatic rings. The van der Waals surface area contributed by atoms with Gasteiger partial charge in [0, 0.05) is 13.0 Å². The molecule has 0 spiro atoms. The third-order valence-electron chi connectivity index (χ3n) is 4.07. The van der Waals surface area contributed by atoms with E-state index < -0.39 is 5.97 Å². The van der Waals surface area contributed by atoms with E-state index in [1.807, 2.05) is 12.1 Å². The number of carbonyl (C=O) groups excluding carboxylic acids is 2. The standard InChI is InChI=1S/C18H14BrN3O4S/c19-14-8-7-13(27-14)17-21-20-15(26-17)10-25-18(24)11-4-1-2-5-12(11)22-9-3-6-16(22)23/h1-2,4-5,7-8H,3,6,9-10H2. The summed E-state index contributed by atoms with van der Waals surface area (Å²) in [5.74, 6) is 0.0558. The molecule has 1 amide bonds. The molecule has 0 bridgehead atoms. The maximum absolute atomic E-state index is 12.5. The Balaban J connectivity index is 1.46. The minimum absolute atomic E-state index is 0.0129. The fourth-order valence-electron chi connectivity index (χ4n) is 2.83. The van der Waals surface area contributed by atoms with Gasteiger partial charge >= 0.3 is 5.97 Å². The van der Waals surface area contributed by atoms with Crippen LogP contribution < -0.4 is 4.90 Å². The molecule has 3 aromatic rings. The van der Waals surface area contributed by atoms with Crippen molar-refractivity contribution in [3.05, 3.63) is 51.6 Å². The molecule has 0 N–H and O–H groups in total. The van der Waals surface area contributed by atoms with Crippen molar-refractivity contribution in [1.82, 2.24) is 10.2 Å². The van der Waals surface area contributed by atoms with Crippen LogP contribution in [0.1, 0.15) is 29.1 Å². The fourth-order valence-corrected chi connectivity index (χ4v) is 4.14. The summed E-state index contributed by atoms with van der Waals surface area (Å²) in [7, 11) is 0. The van der Waals surface area contributed by atoms with Gasteiger partial charge in [-0.1, -0.05) is 12.1 Å². The smallest absolute Gasteiger partial charge is 0.340 e. The van der Waals surface area contributed by atoms with Gasteiger partial charge in [0.05, 0.1) is 19.9 Å². The number of esters is 1. The third kappa shape index (κ3) is 3.79. The molecule has 0 aliphatic carbocycles. The average Bonchev–Trinajstić information content (AvgIpc) is 3.40. The third-order valence-corrected chi connectivity index (χ3v) is 5.68. The van der Waals surface area contributed by atoms with Crippen LogP contribution in [0.3, 0.4) is 0 Å². The molecule has 0 unspecified atom stereocenters. The molecule has 2 aromatic heterocycles. The molecule has 1 saturated heterocycles. The summed E-state index contributed by atoms with van der Waals surface area (Å²) in [6.07, 6.45) is 1.28. The minimum atomic E-state index is -0.538. The van der Waals surface area contributed by atoms with Crippen molar-refractivity contribution in [2.75, 3.05) is 11.4 Å². The molecular weight excluding hydrogens is 434 g/mol. The molecule has 7 nitrogen and oxygen atoms in total. The van der Waals surface area contributed by atoms with Crippen molar-refractivity contribution in [1.29, 1.82) is 0 Å². The van der Waals surface area contributed by atoms with Gasteiger partial charge in [0.2, 0.25) is 5.91 Å². The van der Waals surface area contributed by atoms with Crippen molar-refractivity contribution < 1.29 is 18.7 Å². The number of ether oxygens (including phenoxy) is 1. The Morgan fingerprint density at radius 2 is 2.11 bits per heavy atom. The molecule has 9 heteroatoms. The Kier molecular flexibility index (Phi) is 5.04. The second kappa shape index (κ2) is 7.61. The number of carbonyl (C=O) groups is 2. The molecule has 3 heterocycles. The van der Waals surface area contributed by atoms with E-state index in [9.17, 15) is 9.59 Å². The molecule has 138 valence electrons. The quantitative estimate of drug-likeness (QED) is 0.548. The first kappa shape index (κ1) is 17.9. The number of rotatable bonds is 5. The molecule has 4 rings (SSSR count). The molecule has 0 atom stereocenters. The number of anilines is 1. The first-order chi connectivity index (χ1) is 13.1. The SMILES string of the molecule is O=C(OCc1nnc(-c2ccc(Br)s2)o1)c1ccccc1N1CCCC1=O. The van der Waals surface area contributed by atoms with Crippen molar-refractivity contribution in [3.8, 4) is 10.8 Å². The number of hydrogen-bond acceptors (Lipinski definition) is 7. The van der Waals surface area contributed by atoms with Crippen LogP contribution in [0, 0.1) is 0 Å². The second-order valence-corrected chi connectivity index (χ2v) is 8.31. The van der Waals surface area contributed by atoms with Gasteiger partial charge in [0.15, 0.2) is 6.61 Å². The number of benzene rings is 1. The predicted octanol–water partition coefficient (Wildman–Crippen LogP) is 4.04. The highest BCUT2D eigenvalue weighted by molar-refractivity contribution is 9.11. The van der Waals surface area contributed by atoms with E-state index in [2.05, 4.69) is 26.1 Å². The second-order valence-electron chi connectivity index (χ2n) is 5.85. The van der Waals surface area contributed by atoms with E-state index in [0.717, 1.165) is 15.1 Å². The summed E-state index contributed by atoms with van der Waals surface area (Å²) in [4.78, 5) is 27.0. The highest BCUT2D eigenvalue weighted by Crippen LogP contribution is 2.30. The molecular formula is C18H14BrN3O4S. The molecule has 27 heavy (non-hydrogen) atoms. The zero-order valence-corrected chi connectivity index (χ0v) is 16.5. The van der Waals surface area contributed by atoms with Gasteiger partial charge in [-0.15, -0.1) is 21.5 Å². The highest BCUT2D eigenvalue weighted by atomic mass is 79.9. The highest BCUT2D eigenvalue weighted by Gasteiger charge is 2.26. The number of nitrogens with zero attached hydrogens (tertiary/aromatic N) is 3. The Hall–Kier alpha value is -2.52. The van der Waals surface area contributed by atoms with E-state index in [1.54, 1.807) is 29.2 Å². The van der Waals surface area contributed by atoms with Gasteiger partial charge in [-0.25, -0.2) is 4.79 Å². The Morgan fingerprint density at radius 1 is 1.26 bits per heavy atom. The monoisotopic (exact) mass is 447 g/mol. The fraction of sp³-hybridized carbons (Fsp3) is 0.222. The molecule has 1 aromatic carbocycles. The number of para-hydroxylation sites is 1. The van der Waals surface area contributed by atoms with Gasteiger partial charge in [0.25, 0.3) is 11.8 Å². The molecule has 1 aliphatic heterocycles. The van der Waals surface area contributed by atoms with Crippen LogP contribution in [0.25, 0.3) is 10.8 Å². The summed E-state index contributed by atoms with van der Waals surface area (Å²) in [6.45, 7) is 0.465. The number of aromatic nitrogens is 2. The van der Waals surface area contributed by atoms with Crippen LogP contribution in [-0.4, -0.2) is 28.6 Å². The topological polar surface area (TPSA) is 85.5 Å². The van der Waals surface area contributed by atoms with Gasteiger partial charge < -0.3 is 14.1 Å². The van der Waals surface area contributed by atoms with Crippen LogP contribution >= 0.6 is 27.3 Å². The first-order valence-electron chi connectivity index (χ1n) is 8.26. The van der Waals surface area contributed by atoms with E-state index >= 15 is 0 Å². The lowest BCUT2D eigenvalue weighted by atomic mass is 10.1. The molecule has 0 saturated carbocycles. The van der Waals surface area contributed by atoms with E-state index in [1.165, 1.54) is 11.3 Å². The van der Waals surface area contributed by atoms with Gasteiger partial charge in [-0.2, -0.15) is 0 Å². The lowest BCUT2D eigenvalue weighted by molar-refractivity contribution is -0.117. The summed E-state index contributed by atoms with van der Waals surface area (Å²) in [5.41, 5.74) is 0.911. The van der Waals surface area contributed by atoms with Crippen LogP contribution in [0.5, 0.6) is 0 Å². The van der Waals surface area contributed by atoms with Gasteiger partial charge in [-0.3, -0.25) is 4.79 Å². The molecule has 0 radical (unpaired) electrons. The summed E-state index contributed by atoms with van der Waals surface area (Å²) in [5, 5.41) is 7.88. The largest absolute Gasteiger partial charge is 0.452 e. The maximum Gasteiger partial charge on any atom is 0.340 e. The van der Waals surface area contributed by atoms with Crippen molar-refractivity contribution in [2.24, 2.45) is 0 Å². The van der Waals surface area contributed by atoms with E-state index in [4.69, 9.17) is 9.15 Å². The summed E-state index contributed by atoms with van der Waals surface area (Å²) >= 11 is 4.85. The van der Waals surface area contributed by atoms with Crippen LogP contribution in [-0.2, 0) is 16.1 Å². The van der Waals surface area contributed by atoms with Crippen LogP contribution in [0.2, 0.25) is 0 Å². The lowest BCUT2D eigenvalue weighted by Gasteiger charge is -2.18. The van der Waals surface area contributed by atoms with Crippen molar-refractivity contribution in [3.63, 3.8) is 0 Å². The predicted molar refractivity (Wildman–Crippen MR) is 102 cm³/mol. The Labute approximate surface area is 167 Å². The summed E-state index contributed by atoms with van der Waals surface area (Å²) < 4.78 is 11.8. The average molecular weight is 448 g/mol. The zero-order chi connectivity index (χ0) is 18.8. The van der Waals surface area contributed by atoms with Crippen LogP contribution in [0.15, 0.2) is 44.6 Å². The molecule has 1 fully saturated rings. The van der Waals surface area contributed by atoms with E-state index in [-0.39, 0.29) is 18.4 Å². The van der Waals surface area contributed by atoms with Crippen molar-refractivity contribution in [2.45, 2.75) is 19.4 Å². The van der Waals surface area contributed by atoms with Gasteiger partial charge in [-0.05, 0) is 46.6 Å².